The van der Waals surface area contributed by atoms with Crippen LogP contribution in [-0.2, 0) is 16.8 Å². The van der Waals surface area contributed by atoms with E-state index in [-0.39, 0.29) is 17.9 Å². The summed E-state index contributed by atoms with van der Waals surface area (Å²) in [5.74, 6) is 0.634. The molecule has 1 aromatic heterocycles. The highest BCUT2D eigenvalue weighted by atomic mass is 32.1. The Morgan fingerprint density at radius 1 is 1.18 bits per heavy atom. The summed E-state index contributed by atoms with van der Waals surface area (Å²) in [6, 6.07) is 18.5. The quantitative estimate of drug-likeness (QED) is 0.620. The number of aromatic nitrogens is 3. The number of carbonyl (C=O) groups is 1. The van der Waals surface area contributed by atoms with E-state index >= 15 is 0 Å². The molecule has 0 aliphatic heterocycles. The van der Waals surface area contributed by atoms with E-state index in [0.29, 0.717) is 17.1 Å². The van der Waals surface area contributed by atoms with Gasteiger partial charge in [-0.2, -0.15) is 5.10 Å². The van der Waals surface area contributed by atoms with E-state index in [1.807, 2.05) is 37.3 Å². The van der Waals surface area contributed by atoms with Crippen molar-refractivity contribution in [2.75, 3.05) is 6.54 Å². The van der Waals surface area contributed by atoms with E-state index in [2.05, 4.69) is 39.8 Å². The minimum absolute atomic E-state index is 0.0481. The third-order valence-corrected chi connectivity index (χ3v) is 6.00. The van der Waals surface area contributed by atoms with Crippen LogP contribution in [-0.4, -0.2) is 27.2 Å². The summed E-state index contributed by atoms with van der Waals surface area (Å²) in [4.78, 5) is 12.7. The fraction of sp³-hybridized carbons (Fsp3) is 0.318. The van der Waals surface area contributed by atoms with Crippen LogP contribution in [0.25, 0.3) is 11.4 Å². The second-order valence-electron chi connectivity index (χ2n) is 7.58. The Bertz CT molecular complexity index is 1020. The van der Waals surface area contributed by atoms with Gasteiger partial charge in [-0.15, -0.1) is 0 Å². The van der Waals surface area contributed by atoms with Gasteiger partial charge in [0.05, 0.1) is 0 Å². The number of H-pyrrole nitrogens is 1. The van der Waals surface area contributed by atoms with Crippen molar-refractivity contribution < 1.29 is 4.79 Å². The lowest BCUT2D eigenvalue weighted by molar-refractivity contribution is -0.122. The highest BCUT2D eigenvalue weighted by molar-refractivity contribution is 7.71. The van der Waals surface area contributed by atoms with E-state index in [1.165, 1.54) is 17.5 Å². The second kappa shape index (κ2) is 7.72. The first-order valence-corrected chi connectivity index (χ1v) is 10.0. The number of carbonyl (C=O) groups excluding carboxylic acids is 1. The van der Waals surface area contributed by atoms with Gasteiger partial charge in [0.25, 0.3) is 0 Å². The molecular weight excluding hydrogens is 368 g/mol. The van der Waals surface area contributed by atoms with Crippen molar-refractivity contribution in [2.45, 2.75) is 38.1 Å². The first kappa shape index (κ1) is 18.6. The molecule has 28 heavy (non-hydrogen) atoms. The number of aromatic amines is 1. The van der Waals surface area contributed by atoms with Crippen LogP contribution < -0.4 is 5.32 Å². The molecule has 0 unspecified atom stereocenters. The summed E-state index contributed by atoms with van der Waals surface area (Å²) in [5, 5.41) is 10.3. The largest absolute Gasteiger partial charge is 0.354 e. The van der Waals surface area contributed by atoms with E-state index in [4.69, 9.17) is 12.2 Å². The average molecular weight is 393 g/mol. The third-order valence-electron chi connectivity index (χ3n) is 5.69. The van der Waals surface area contributed by atoms with Gasteiger partial charge in [-0.25, -0.2) is 0 Å². The molecule has 0 radical (unpaired) electrons. The lowest BCUT2D eigenvalue weighted by Crippen LogP contribution is -2.46. The Hall–Kier alpha value is -2.73. The zero-order valence-electron chi connectivity index (χ0n) is 15.9. The standard InChI is InChI=1S/C22H24N4OS/c1-16-8-10-17(11-9-16)20-24-25-21(28)26(20)14-19(27)23-15-22(12-5-13-22)18-6-3-2-4-7-18/h2-4,6-11H,5,12-15H2,1H3,(H,23,27)(H,25,28). The van der Waals surface area contributed by atoms with Gasteiger partial charge in [0.2, 0.25) is 5.91 Å². The van der Waals surface area contributed by atoms with Crippen molar-refractivity contribution in [2.24, 2.45) is 0 Å². The maximum Gasteiger partial charge on any atom is 0.240 e. The van der Waals surface area contributed by atoms with E-state index in [9.17, 15) is 4.79 Å². The Morgan fingerprint density at radius 2 is 1.89 bits per heavy atom. The molecule has 2 aromatic carbocycles. The normalized spacial score (nSPS) is 15.0. The SMILES string of the molecule is Cc1ccc(-c2n[nH]c(=S)n2CC(=O)NCC2(c3ccccc3)CCC2)cc1. The zero-order valence-corrected chi connectivity index (χ0v) is 16.8. The predicted octanol–water partition coefficient (Wildman–Crippen LogP) is 4.15. The van der Waals surface area contributed by atoms with Crippen LogP contribution >= 0.6 is 12.2 Å². The number of benzene rings is 2. The number of aryl methyl sites for hydroxylation is 1. The van der Waals surface area contributed by atoms with Crippen molar-refractivity contribution in [3.8, 4) is 11.4 Å². The maximum absolute atomic E-state index is 12.7. The van der Waals surface area contributed by atoms with Crippen molar-refractivity contribution in [3.05, 3.63) is 70.5 Å². The molecule has 4 rings (SSSR count). The number of hydrogen-bond donors (Lipinski definition) is 2. The summed E-state index contributed by atoms with van der Waals surface area (Å²) in [7, 11) is 0. The molecule has 3 aromatic rings. The molecule has 0 spiro atoms. The Labute approximate surface area is 169 Å². The minimum atomic E-state index is -0.0481. The summed E-state index contributed by atoms with van der Waals surface area (Å²) in [5.41, 5.74) is 3.48. The molecule has 1 heterocycles. The lowest BCUT2D eigenvalue weighted by Gasteiger charge is -2.42. The predicted molar refractivity (Wildman–Crippen MR) is 113 cm³/mol. The molecule has 1 aliphatic rings. The van der Waals surface area contributed by atoms with Gasteiger partial charge in [0, 0.05) is 17.5 Å². The van der Waals surface area contributed by atoms with E-state index in [0.717, 1.165) is 18.4 Å². The van der Waals surface area contributed by atoms with Gasteiger partial charge in [-0.1, -0.05) is 66.6 Å². The Morgan fingerprint density at radius 3 is 2.54 bits per heavy atom. The van der Waals surface area contributed by atoms with Gasteiger partial charge in [0.1, 0.15) is 6.54 Å². The fourth-order valence-corrected chi connectivity index (χ4v) is 4.01. The molecule has 0 saturated heterocycles. The number of rotatable bonds is 6. The van der Waals surface area contributed by atoms with Crippen LogP contribution in [0.15, 0.2) is 54.6 Å². The number of nitrogens with one attached hydrogen (secondary N) is 2. The molecule has 1 amide bonds. The lowest BCUT2D eigenvalue weighted by atomic mass is 9.64. The summed E-state index contributed by atoms with van der Waals surface area (Å²) >= 11 is 5.35. The van der Waals surface area contributed by atoms with Gasteiger partial charge >= 0.3 is 0 Å². The van der Waals surface area contributed by atoms with Gasteiger partial charge in [-0.3, -0.25) is 14.5 Å². The Balaban J connectivity index is 1.47. The summed E-state index contributed by atoms with van der Waals surface area (Å²) in [6.45, 7) is 2.85. The average Bonchev–Trinajstić information content (AvgIpc) is 3.03. The fourth-order valence-electron chi connectivity index (χ4n) is 3.82. The van der Waals surface area contributed by atoms with Crippen molar-refractivity contribution >= 4 is 18.1 Å². The van der Waals surface area contributed by atoms with Gasteiger partial charge < -0.3 is 5.32 Å². The zero-order chi connectivity index (χ0) is 19.6. The number of amides is 1. The van der Waals surface area contributed by atoms with Crippen LogP contribution in [0.2, 0.25) is 0 Å². The number of hydrogen-bond acceptors (Lipinski definition) is 3. The van der Waals surface area contributed by atoms with Crippen molar-refractivity contribution in [3.63, 3.8) is 0 Å². The summed E-state index contributed by atoms with van der Waals surface area (Å²) < 4.78 is 2.21. The Kier molecular flexibility index (Phi) is 5.13. The molecule has 0 atom stereocenters. The first-order valence-electron chi connectivity index (χ1n) is 9.62. The van der Waals surface area contributed by atoms with E-state index < -0.39 is 0 Å². The van der Waals surface area contributed by atoms with Gasteiger partial charge in [0.15, 0.2) is 10.6 Å². The van der Waals surface area contributed by atoms with Crippen LogP contribution in [0, 0.1) is 11.7 Å². The smallest absolute Gasteiger partial charge is 0.240 e. The van der Waals surface area contributed by atoms with Crippen LogP contribution in [0.3, 0.4) is 0 Å². The molecule has 144 valence electrons. The second-order valence-corrected chi connectivity index (χ2v) is 7.97. The minimum Gasteiger partial charge on any atom is -0.354 e. The van der Waals surface area contributed by atoms with E-state index in [1.54, 1.807) is 4.57 Å². The highest BCUT2D eigenvalue weighted by Crippen LogP contribution is 2.43. The topological polar surface area (TPSA) is 62.7 Å². The molecular formula is C22H24N4OS. The molecule has 6 heteroatoms. The van der Waals surface area contributed by atoms with Crippen LogP contribution in [0.4, 0.5) is 0 Å². The van der Waals surface area contributed by atoms with Crippen LogP contribution in [0.5, 0.6) is 0 Å². The molecule has 1 saturated carbocycles. The van der Waals surface area contributed by atoms with Crippen molar-refractivity contribution in [1.82, 2.24) is 20.1 Å². The molecule has 1 fully saturated rings. The summed E-state index contributed by atoms with van der Waals surface area (Å²) in [6.07, 6.45) is 3.42. The molecule has 5 nitrogen and oxygen atoms in total. The number of nitrogens with zero attached hydrogens (tertiary/aromatic N) is 2. The van der Waals surface area contributed by atoms with Crippen molar-refractivity contribution in [1.29, 1.82) is 0 Å². The monoisotopic (exact) mass is 392 g/mol. The molecule has 1 aliphatic carbocycles. The molecule has 2 N–H and O–H groups in total. The highest BCUT2D eigenvalue weighted by Gasteiger charge is 2.38. The molecule has 0 bridgehead atoms. The van der Waals surface area contributed by atoms with Gasteiger partial charge in [-0.05, 0) is 37.5 Å². The van der Waals surface area contributed by atoms with Crippen LogP contribution in [0.1, 0.15) is 30.4 Å². The third kappa shape index (κ3) is 3.64. The maximum atomic E-state index is 12.7. The first-order chi connectivity index (χ1) is 13.6.